The van der Waals surface area contributed by atoms with Crippen molar-refractivity contribution in [2.45, 2.75) is 12.6 Å². The second-order valence-corrected chi connectivity index (χ2v) is 9.54. The summed E-state index contributed by atoms with van der Waals surface area (Å²) in [4.78, 5) is 31.7. The molecule has 0 bridgehead atoms. The molecule has 1 aliphatic carbocycles. The van der Waals surface area contributed by atoms with Gasteiger partial charge in [-0.1, -0.05) is 54.6 Å². The predicted octanol–water partition coefficient (Wildman–Crippen LogP) is 5.03. The van der Waals surface area contributed by atoms with Crippen LogP contribution in [0.2, 0.25) is 0 Å². The Morgan fingerprint density at radius 2 is 1.32 bits per heavy atom. The van der Waals surface area contributed by atoms with E-state index in [1.165, 1.54) is 17.0 Å². The number of piperazine rings is 1. The molecule has 0 N–H and O–H groups in total. The Kier molecular flexibility index (Phi) is 5.64. The standard InChI is InChI=1S/C29H24F3N3O2/c30-29(31,32)19-6-5-7-20(16-19)34-14-12-33(13-15-34)18-35-26(36)17-25(28(35)37)27-23-10-3-1-8-21(23)22-9-2-4-11-24(22)27/h1-11,16H,12-15,17-18H2. The van der Waals surface area contributed by atoms with Crippen molar-refractivity contribution in [1.82, 2.24) is 9.80 Å². The van der Waals surface area contributed by atoms with Crippen LogP contribution >= 0.6 is 0 Å². The van der Waals surface area contributed by atoms with Crippen molar-refractivity contribution in [3.05, 3.63) is 95.1 Å². The van der Waals surface area contributed by atoms with Crippen LogP contribution in [0.15, 0.2) is 78.4 Å². The second kappa shape index (κ2) is 8.88. The molecule has 3 aliphatic rings. The van der Waals surface area contributed by atoms with E-state index in [2.05, 4.69) is 0 Å². The number of nitrogens with zero attached hydrogens (tertiary/aromatic N) is 3. The van der Waals surface area contributed by atoms with Crippen LogP contribution < -0.4 is 4.90 Å². The minimum absolute atomic E-state index is 0.0566. The average Bonchev–Trinajstić information content (AvgIpc) is 3.38. The van der Waals surface area contributed by atoms with Gasteiger partial charge in [0.1, 0.15) is 0 Å². The van der Waals surface area contributed by atoms with E-state index in [1.807, 2.05) is 58.3 Å². The number of carbonyl (C=O) groups is 2. The largest absolute Gasteiger partial charge is 0.416 e. The Hall–Kier alpha value is -3.91. The monoisotopic (exact) mass is 503 g/mol. The average molecular weight is 504 g/mol. The number of imide groups is 1. The van der Waals surface area contributed by atoms with Crippen LogP contribution in [0.5, 0.6) is 0 Å². The van der Waals surface area contributed by atoms with E-state index in [0.717, 1.165) is 33.9 Å². The number of benzene rings is 3. The maximum absolute atomic E-state index is 13.5. The van der Waals surface area contributed by atoms with Crippen LogP contribution in [-0.2, 0) is 15.8 Å². The minimum atomic E-state index is -4.39. The number of rotatable bonds is 3. The Bertz CT molecular complexity index is 1390. The molecule has 8 heteroatoms. The van der Waals surface area contributed by atoms with Gasteiger partial charge in [-0.15, -0.1) is 0 Å². The van der Waals surface area contributed by atoms with E-state index >= 15 is 0 Å². The highest BCUT2D eigenvalue weighted by Gasteiger charge is 2.40. The molecule has 3 aromatic rings. The van der Waals surface area contributed by atoms with Gasteiger partial charge in [-0.2, -0.15) is 13.2 Å². The van der Waals surface area contributed by atoms with E-state index in [1.54, 1.807) is 6.07 Å². The topological polar surface area (TPSA) is 43.9 Å². The number of alkyl halides is 3. The molecule has 2 aliphatic heterocycles. The molecule has 2 saturated heterocycles. The van der Waals surface area contributed by atoms with Gasteiger partial charge in [-0.05, 0) is 46.0 Å². The molecule has 2 amide bonds. The molecule has 0 saturated carbocycles. The highest BCUT2D eigenvalue weighted by Crippen LogP contribution is 2.47. The Labute approximate surface area is 212 Å². The summed E-state index contributed by atoms with van der Waals surface area (Å²) in [6.45, 7) is 2.25. The van der Waals surface area contributed by atoms with E-state index in [0.29, 0.717) is 37.4 Å². The molecule has 0 aromatic heterocycles. The third-order valence-electron chi connectivity index (χ3n) is 7.37. The zero-order valence-electron chi connectivity index (χ0n) is 20.0. The van der Waals surface area contributed by atoms with E-state index in [9.17, 15) is 22.8 Å². The molecule has 0 atom stereocenters. The quantitative estimate of drug-likeness (QED) is 0.291. The van der Waals surface area contributed by atoms with Gasteiger partial charge in [0.2, 0.25) is 5.91 Å². The summed E-state index contributed by atoms with van der Waals surface area (Å²) in [6.07, 6.45) is -4.33. The van der Waals surface area contributed by atoms with Crippen LogP contribution in [0.3, 0.4) is 0 Å². The van der Waals surface area contributed by atoms with Gasteiger partial charge in [0.15, 0.2) is 0 Å². The zero-order chi connectivity index (χ0) is 25.7. The van der Waals surface area contributed by atoms with Crippen molar-refractivity contribution < 1.29 is 22.8 Å². The molecule has 188 valence electrons. The van der Waals surface area contributed by atoms with Crippen molar-refractivity contribution in [2.24, 2.45) is 0 Å². The molecule has 0 spiro atoms. The van der Waals surface area contributed by atoms with E-state index in [-0.39, 0.29) is 24.9 Å². The number of carbonyl (C=O) groups excluding carboxylic acids is 2. The van der Waals surface area contributed by atoms with Crippen LogP contribution in [0.1, 0.15) is 23.1 Å². The fourth-order valence-electron chi connectivity index (χ4n) is 5.51. The molecule has 3 aromatic carbocycles. The summed E-state index contributed by atoms with van der Waals surface area (Å²) in [6, 6.07) is 21.2. The van der Waals surface area contributed by atoms with Crippen molar-refractivity contribution in [1.29, 1.82) is 0 Å². The summed E-state index contributed by atoms with van der Waals surface area (Å²) in [5.74, 6) is -0.499. The zero-order valence-corrected chi connectivity index (χ0v) is 20.0. The summed E-state index contributed by atoms with van der Waals surface area (Å²) < 4.78 is 39.3. The third-order valence-corrected chi connectivity index (χ3v) is 7.37. The summed E-state index contributed by atoms with van der Waals surface area (Å²) in [7, 11) is 0. The number of halogens is 3. The maximum Gasteiger partial charge on any atom is 0.416 e. The van der Waals surface area contributed by atoms with Gasteiger partial charge in [0.25, 0.3) is 5.91 Å². The van der Waals surface area contributed by atoms with Crippen molar-refractivity contribution in [3.8, 4) is 11.1 Å². The molecule has 37 heavy (non-hydrogen) atoms. The van der Waals surface area contributed by atoms with Crippen LogP contribution in [0.4, 0.5) is 18.9 Å². The number of likely N-dealkylation sites (tertiary alicyclic amines) is 1. The van der Waals surface area contributed by atoms with Crippen LogP contribution in [0, 0.1) is 0 Å². The van der Waals surface area contributed by atoms with Crippen molar-refractivity contribution in [3.63, 3.8) is 0 Å². The molecule has 5 nitrogen and oxygen atoms in total. The summed E-state index contributed by atoms with van der Waals surface area (Å²) in [5.41, 5.74) is 5.26. The van der Waals surface area contributed by atoms with E-state index in [4.69, 9.17) is 0 Å². The lowest BCUT2D eigenvalue weighted by atomic mass is 9.97. The molecule has 0 unspecified atom stereocenters. The number of amides is 2. The number of anilines is 1. The third kappa shape index (κ3) is 4.11. The lowest BCUT2D eigenvalue weighted by molar-refractivity contribution is -0.140. The number of fused-ring (bicyclic) bond motifs is 3. The van der Waals surface area contributed by atoms with E-state index < -0.39 is 11.7 Å². The van der Waals surface area contributed by atoms with Crippen LogP contribution in [-0.4, -0.2) is 54.5 Å². The first-order valence-electron chi connectivity index (χ1n) is 12.2. The summed E-state index contributed by atoms with van der Waals surface area (Å²) in [5, 5.41) is 0. The van der Waals surface area contributed by atoms with Gasteiger partial charge in [-0.25, -0.2) is 0 Å². The lowest BCUT2D eigenvalue weighted by Gasteiger charge is -2.37. The molecule has 2 fully saturated rings. The first-order valence-corrected chi connectivity index (χ1v) is 12.2. The van der Waals surface area contributed by atoms with Crippen molar-refractivity contribution in [2.75, 3.05) is 37.7 Å². The normalized spacial score (nSPS) is 18.0. The predicted molar refractivity (Wildman–Crippen MR) is 134 cm³/mol. The molecule has 0 radical (unpaired) electrons. The number of hydrogen-bond donors (Lipinski definition) is 0. The Morgan fingerprint density at radius 1 is 0.730 bits per heavy atom. The van der Waals surface area contributed by atoms with Gasteiger partial charge >= 0.3 is 6.18 Å². The molecule has 2 heterocycles. The second-order valence-electron chi connectivity index (χ2n) is 9.54. The molecular formula is C29H24F3N3O2. The molecule has 6 rings (SSSR count). The Morgan fingerprint density at radius 3 is 1.92 bits per heavy atom. The first-order chi connectivity index (χ1) is 17.8. The fraction of sp³-hybridized carbons (Fsp3) is 0.241. The summed E-state index contributed by atoms with van der Waals surface area (Å²) >= 11 is 0. The molecular weight excluding hydrogens is 479 g/mol. The highest BCUT2D eigenvalue weighted by molar-refractivity contribution is 6.21. The highest BCUT2D eigenvalue weighted by atomic mass is 19.4. The minimum Gasteiger partial charge on any atom is -0.369 e. The maximum atomic E-state index is 13.5. The van der Waals surface area contributed by atoms with Gasteiger partial charge < -0.3 is 4.90 Å². The fourth-order valence-corrected chi connectivity index (χ4v) is 5.51. The number of hydrogen-bond acceptors (Lipinski definition) is 4. The lowest BCUT2D eigenvalue weighted by Crippen LogP contribution is -2.51. The Balaban J connectivity index is 1.19. The SMILES string of the molecule is O=C1CC(=C2c3ccccc3-c3ccccc32)C(=O)N1CN1CCN(c2cccc(C(F)(F)F)c2)CC1. The van der Waals surface area contributed by atoms with Crippen molar-refractivity contribution >= 4 is 23.1 Å². The first kappa shape index (κ1) is 23.5. The van der Waals surface area contributed by atoms with Gasteiger partial charge in [0.05, 0.1) is 18.7 Å². The van der Waals surface area contributed by atoms with Gasteiger partial charge in [-0.3, -0.25) is 19.4 Å². The smallest absolute Gasteiger partial charge is 0.369 e. The van der Waals surface area contributed by atoms with Crippen LogP contribution in [0.25, 0.3) is 16.7 Å². The van der Waals surface area contributed by atoms with Gasteiger partial charge in [0, 0.05) is 37.4 Å².